The zero-order valence-electron chi connectivity index (χ0n) is 12.3. The van der Waals surface area contributed by atoms with Gasteiger partial charge in [0, 0.05) is 18.0 Å². The van der Waals surface area contributed by atoms with Gasteiger partial charge >= 0.3 is 0 Å². The molecule has 1 N–H and O–H groups in total. The van der Waals surface area contributed by atoms with Crippen molar-refractivity contribution in [3.63, 3.8) is 0 Å². The molecule has 0 fully saturated rings. The third kappa shape index (κ3) is 2.32. The van der Waals surface area contributed by atoms with Crippen molar-refractivity contribution in [2.24, 2.45) is 0 Å². The van der Waals surface area contributed by atoms with Gasteiger partial charge in [-0.05, 0) is 38.1 Å². The summed E-state index contributed by atoms with van der Waals surface area (Å²) in [6.45, 7) is 4.30. The monoisotopic (exact) mass is 267 g/mol. The predicted molar refractivity (Wildman–Crippen MR) is 82.1 cm³/mol. The number of para-hydroxylation sites is 1. The molecule has 2 heteroatoms. The van der Waals surface area contributed by atoms with E-state index in [2.05, 4.69) is 55.6 Å². The molecule has 0 radical (unpaired) electrons. The number of hydrogen-bond acceptors (Lipinski definition) is 2. The first-order valence-electron chi connectivity index (χ1n) is 7.19. The lowest BCUT2D eigenvalue weighted by atomic mass is 9.91. The molecule has 3 rings (SSSR count). The highest BCUT2D eigenvalue weighted by Crippen LogP contribution is 2.41. The Hall–Kier alpha value is -1.80. The molecule has 0 saturated carbocycles. The summed E-state index contributed by atoms with van der Waals surface area (Å²) in [5.74, 6) is 1.00. The molecular weight excluding hydrogens is 246 g/mol. The zero-order valence-corrected chi connectivity index (χ0v) is 12.3. The van der Waals surface area contributed by atoms with Crippen molar-refractivity contribution in [1.29, 1.82) is 0 Å². The Bertz CT molecular complexity index is 621. The fourth-order valence-corrected chi connectivity index (χ4v) is 3.07. The van der Waals surface area contributed by atoms with Gasteiger partial charge < -0.3 is 10.1 Å². The maximum atomic E-state index is 6.23. The van der Waals surface area contributed by atoms with Crippen molar-refractivity contribution in [2.75, 3.05) is 7.05 Å². The van der Waals surface area contributed by atoms with Crippen LogP contribution in [-0.2, 0) is 0 Å². The van der Waals surface area contributed by atoms with E-state index in [1.54, 1.807) is 0 Å². The molecule has 2 atom stereocenters. The SMILES string of the molecule is CNC1CC(c2ccc(C)cc2C)Oc2ccccc21. The highest BCUT2D eigenvalue weighted by atomic mass is 16.5. The third-order valence-electron chi connectivity index (χ3n) is 4.13. The second-order valence-corrected chi connectivity index (χ2v) is 5.58. The van der Waals surface area contributed by atoms with Crippen LogP contribution in [-0.4, -0.2) is 7.05 Å². The minimum Gasteiger partial charge on any atom is -0.485 e. The van der Waals surface area contributed by atoms with Crippen LogP contribution in [0.15, 0.2) is 42.5 Å². The first kappa shape index (κ1) is 13.2. The Labute approximate surface area is 120 Å². The van der Waals surface area contributed by atoms with Gasteiger partial charge in [0.1, 0.15) is 11.9 Å². The molecule has 0 aliphatic carbocycles. The highest BCUT2D eigenvalue weighted by molar-refractivity contribution is 5.41. The standard InChI is InChI=1S/C18H21NO/c1-12-8-9-14(13(2)10-12)18-11-16(19-3)15-6-4-5-7-17(15)20-18/h4-10,16,18-19H,11H2,1-3H3. The van der Waals surface area contributed by atoms with Gasteiger partial charge in [0.25, 0.3) is 0 Å². The topological polar surface area (TPSA) is 21.3 Å². The van der Waals surface area contributed by atoms with E-state index in [-0.39, 0.29) is 6.10 Å². The van der Waals surface area contributed by atoms with Crippen LogP contribution in [0.3, 0.4) is 0 Å². The van der Waals surface area contributed by atoms with Gasteiger partial charge in [-0.3, -0.25) is 0 Å². The summed E-state index contributed by atoms with van der Waals surface area (Å²) in [6.07, 6.45) is 1.10. The van der Waals surface area contributed by atoms with Crippen LogP contribution in [0.2, 0.25) is 0 Å². The van der Waals surface area contributed by atoms with E-state index < -0.39 is 0 Å². The summed E-state index contributed by atoms with van der Waals surface area (Å²) in [6, 6.07) is 15.3. The number of fused-ring (bicyclic) bond motifs is 1. The molecule has 20 heavy (non-hydrogen) atoms. The van der Waals surface area contributed by atoms with Gasteiger partial charge in [0.05, 0.1) is 0 Å². The molecular formula is C18H21NO. The van der Waals surface area contributed by atoms with Crippen molar-refractivity contribution in [3.05, 3.63) is 64.7 Å². The number of benzene rings is 2. The van der Waals surface area contributed by atoms with Crippen LogP contribution in [0.25, 0.3) is 0 Å². The van der Waals surface area contributed by atoms with E-state index in [9.17, 15) is 0 Å². The molecule has 0 bridgehead atoms. The first-order chi connectivity index (χ1) is 9.69. The van der Waals surface area contributed by atoms with Gasteiger partial charge in [0.2, 0.25) is 0 Å². The lowest BCUT2D eigenvalue weighted by Gasteiger charge is -2.33. The predicted octanol–water partition coefficient (Wildman–Crippen LogP) is 4.09. The van der Waals surface area contributed by atoms with Crippen molar-refractivity contribution in [1.82, 2.24) is 5.32 Å². The Balaban J connectivity index is 1.97. The van der Waals surface area contributed by atoms with E-state index in [1.165, 1.54) is 22.3 Å². The van der Waals surface area contributed by atoms with E-state index in [0.717, 1.165) is 12.2 Å². The summed E-state index contributed by atoms with van der Waals surface area (Å²) in [5, 5.41) is 3.41. The summed E-state index contributed by atoms with van der Waals surface area (Å²) in [7, 11) is 2.02. The summed E-state index contributed by atoms with van der Waals surface area (Å²) in [4.78, 5) is 0. The van der Waals surface area contributed by atoms with E-state index in [0.29, 0.717) is 6.04 Å². The third-order valence-corrected chi connectivity index (χ3v) is 4.13. The molecule has 0 spiro atoms. The lowest BCUT2D eigenvalue weighted by Crippen LogP contribution is -2.27. The van der Waals surface area contributed by atoms with Crippen molar-refractivity contribution in [2.45, 2.75) is 32.4 Å². The normalized spacial score (nSPS) is 21.1. The molecule has 2 aromatic carbocycles. The van der Waals surface area contributed by atoms with Crippen LogP contribution >= 0.6 is 0 Å². The van der Waals surface area contributed by atoms with E-state index in [4.69, 9.17) is 4.74 Å². The molecule has 2 nitrogen and oxygen atoms in total. The Morgan fingerprint density at radius 2 is 1.85 bits per heavy atom. The molecule has 1 aliphatic heterocycles. The molecule has 0 amide bonds. The zero-order chi connectivity index (χ0) is 14.1. The van der Waals surface area contributed by atoms with Gasteiger partial charge in [-0.25, -0.2) is 0 Å². The summed E-state index contributed by atoms with van der Waals surface area (Å²) >= 11 is 0. The minimum atomic E-state index is 0.128. The average Bonchev–Trinajstić information content (AvgIpc) is 2.46. The Morgan fingerprint density at radius 1 is 1.05 bits per heavy atom. The first-order valence-corrected chi connectivity index (χ1v) is 7.19. The number of rotatable bonds is 2. The molecule has 2 aromatic rings. The average molecular weight is 267 g/mol. The maximum absolute atomic E-state index is 6.23. The van der Waals surface area contributed by atoms with Gasteiger partial charge in [-0.1, -0.05) is 42.0 Å². The van der Waals surface area contributed by atoms with Crippen molar-refractivity contribution < 1.29 is 4.74 Å². The minimum absolute atomic E-state index is 0.128. The fraction of sp³-hybridized carbons (Fsp3) is 0.333. The molecule has 1 heterocycles. The maximum Gasteiger partial charge on any atom is 0.126 e. The quantitative estimate of drug-likeness (QED) is 0.885. The fourth-order valence-electron chi connectivity index (χ4n) is 3.07. The van der Waals surface area contributed by atoms with E-state index in [1.807, 2.05) is 13.1 Å². The second-order valence-electron chi connectivity index (χ2n) is 5.58. The summed E-state index contributed by atoms with van der Waals surface area (Å²) < 4.78 is 6.23. The van der Waals surface area contributed by atoms with Crippen LogP contribution in [0, 0.1) is 13.8 Å². The van der Waals surface area contributed by atoms with E-state index >= 15 is 0 Å². The number of ether oxygens (including phenoxy) is 1. The molecule has 0 aromatic heterocycles. The molecule has 1 aliphatic rings. The van der Waals surface area contributed by atoms with Crippen molar-refractivity contribution in [3.8, 4) is 5.75 Å². The smallest absolute Gasteiger partial charge is 0.126 e. The molecule has 2 unspecified atom stereocenters. The van der Waals surface area contributed by atoms with Crippen LogP contribution in [0.4, 0.5) is 0 Å². The largest absolute Gasteiger partial charge is 0.485 e. The van der Waals surface area contributed by atoms with Crippen molar-refractivity contribution >= 4 is 0 Å². The number of aryl methyl sites for hydroxylation is 2. The second kappa shape index (κ2) is 5.29. The summed E-state index contributed by atoms with van der Waals surface area (Å²) in [5.41, 5.74) is 5.17. The van der Waals surface area contributed by atoms with Crippen LogP contribution in [0.5, 0.6) is 5.75 Å². The Kier molecular flexibility index (Phi) is 3.49. The lowest BCUT2D eigenvalue weighted by molar-refractivity contribution is 0.153. The number of nitrogens with one attached hydrogen (secondary N) is 1. The van der Waals surface area contributed by atoms with Crippen LogP contribution < -0.4 is 10.1 Å². The molecule has 104 valence electrons. The van der Waals surface area contributed by atoms with Gasteiger partial charge in [-0.2, -0.15) is 0 Å². The highest BCUT2D eigenvalue weighted by Gasteiger charge is 2.28. The van der Waals surface area contributed by atoms with Crippen LogP contribution in [0.1, 0.15) is 40.8 Å². The van der Waals surface area contributed by atoms with Gasteiger partial charge in [0.15, 0.2) is 0 Å². The molecule has 0 saturated heterocycles. The Morgan fingerprint density at radius 3 is 2.60 bits per heavy atom. The number of hydrogen-bond donors (Lipinski definition) is 1. The van der Waals surface area contributed by atoms with Gasteiger partial charge in [-0.15, -0.1) is 0 Å².